The van der Waals surface area contributed by atoms with Crippen molar-refractivity contribution in [2.45, 2.75) is 19.5 Å². The van der Waals surface area contributed by atoms with Gasteiger partial charge in [-0.3, -0.25) is 0 Å². The van der Waals surface area contributed by atoms with Crippen molar-refractivity contribution in [3.05, 3.63) is 41.1 Å². The molecule has 2 heterocycles. The van der Waals surface area contributed by atoms with Crippen LogP contribution in [0.3, 0.4) is 0 Å². The van der Waals surface area contributed by atoms with E-state index in [2.05, 4.69) is 25.9 Å². The molecule has 0 fully saturated rings. The second-order valence-electron chi connectivity index (χ2n) is 4.53. The Kier molecular flexibility index (Phi) is 3.43. The number of nitrogens with two attached hydrogens (primary N) is 1. The SMILES string of the molecule is Nc1nc2cc(Br)c(F)cc2n1CCCn1ccnc1. The summed E-state index contributed by atoms with van der Waals surface area (Å²) in [6.07, 6.45) is 6.29. The van der Waals surface area contributed by atoms with Gasteiger partial charge in [0.2, 0.25) is 5.95 Å². The molecule has 0 amide bonds. The van der Waals surface area contributed by atoms with E-state index in [-0.39, 0.29) is 5.82 Å². The lowest BCUT2D eigenvalue weighted by atomic mass is 10.3. The molecule has 0 spiro atoms. The Balaban J connectivity index is 1.83. The number of hydrogen-bond donors (Lipinski definition) is 1. The Morgan fingerprint density at radius 2 is 2.15 bits per heavy atom. The molecular formula is C13H13BrFN5. The van der Waals surface area contributed by atoms with Crippen molar-refractivity contribution in [3.8, 4) is 0 Å². The van der Waals surface area contributed by atoms with Crippen molar-refractivity contribution >= 4 is 32.9 Å². The molecule has 0 radical (unpaired) electrons. The molecule has 0 atom stereocenters. The van der Waals surface area contributed by atoms with Gasteiger partial charge in [0.15, 0.2) is 0 Å². The fraction of sp³-hybridized carbons (Fsp3) is 0.231. The van der Waals surface area contributed by atoms with Gasteiger partial charge in [0.05, 0.1) is 21.8 Å². The predicted octanol–water partition coefficient (Wildman–Crippen LogP) is 2.81. The number of hydrogen-bond acceptors (Lipinski definition) is 3. The van der Waals surface area contributed by atoms with E-state index in [0.717, 1.165) is 13.0 Å². The Hall–Kier alpha value is -1.89. The van der Waals surface area contributed by atoms with Crippen molar-refractivity contribution in [3.63, 3.8) is 0 Å². The second kappa shape index (κ2) is 5.24. The molecule has 7 heteroatoms. The Bertz CT molecular complexity index is 735. The summed E-state index contributed by atoms with van der Waals surface area (Å²) in [4.78, 5) is 8.25. The van der Waals surface area contributed by atoms with Crippen molar-refractivity contribution in [2.24, 2.45) is 0 Å². The number of fused-ring (bicyclic) bond motifs is 1. The molecule has 0 aliphatic heterocycles. The molecule has 3 rings (SSSR count). The smallest absolute Gasteiger partial charge is 0.201 e. The lowest BCUT2D eigenvalue weighted by Crippen LogP contribution is -2.06. The molecule has 3 aromatic rings. The number of halogens is 2. The van der Waals surface area contributed by atoms with Crippen LogP contribution >= 0.6 is 15.9 Å². The molecule has 0 aliphatic rings. The zero-order chi connectivity index (χ0) is 14.1. The van der Waals surface area contributed by atoms with Crippen molar-refractivity contribution in [1.82, 2.24) is 19.1 Å². The van der Waals surface area contributed by atoms with E-state index in [4.69, 9.17) is 5.73 Å². The average Bonchev–Trinajstić information content (AvgIpc) is 3.01. The van der Waals surface area contributed by atoms with E-state index in [1.165, 1.54) is 6.07 Å². The molecule has 0 saturated heterocycles. The number of anilines is 1. The minimum atomic E-state index is -0.312. The molecular weight excluding hydrogens is 325 g/mol. The third-order valence-electron chi connectivity index (χ3n) is 3.18. The highest BCUT2D eigenvalue weighted by Crippen LogP contribution is 2.25. The van der Waals surface area contributed by atoms with E-state index >= 15 is 0 Å². The van der Waals surface area contributed by atoms with Gasteiger partial charge in [-0.2, -0.15) is 0 Å². The predicted molar refractivity (Wildman–Crippen MR) is 78.6 cm³/mol. The van der Waals surface area contributed by atoms with Crippen LogP contribution in [0.5, 0.6) is 0 Å². The van der Waals surface area contributed by atoms with Crippen LogP contribution in [-0.2, 0) is 13.1 Å². The number of imidazole rings is 2. The molecule has 0 unspecified atom stereocenters. The van der Waals surface area contributed by atoms with Crippen molar-refractivity contribution < 1.29 is 4.39 Å². The maximum absolute atomic E-state index is 13.6. The topological polar surface area (TPSA) is 61.7 Å². The molecule has 104 valence electrons. The van der Waals surface area contributed by atoms with Crippen LogP contribution in [0.15, 0.2) is 35.3 Å². The fourth-order valence-corrected chi connectivity index (χ4v) is 2.54. The van der Waals surface area contributed by atoms with Gasteiger partial charge >= 0.3 is 0 Å². The summed E-state index contributed by atoms with van der Waals surface area (Å²) in [5, 5.41) is 0. The second-order valence-corrected chi connectivity index (χ2v) is 5.39. The molecule has 1 aromatic carbocycles. The summed E-state index contributed by atoms with van der Waals surface area (Å²) in [5.41, 5.74) is 7.32. The van der Waals surface area contributed by atoms with Crippen LogP contribution in [0.25, 0.3) is 11.0 Å². The lowest BCUT2D eigenvalue weighted by molar-refractivity contribution is 0.573. The first kappa shape index (κ1) is 13.1. The monoisotopic (exact) mass is 337 g/mol. The summed E-state index contributed by atoms with van der Waals surface area (Å²) in [7, 11) is 0. The summed E-state index contributed by atoms with van der Waals surface area (Å²) in [6.45, 7) is 1.51. The number of aromatic nitrogens is 4. The van der Waals surface area contributed by atoms with E-state index < -0.39 is 0 Å². The molecule has 0 saturated carbocycles. The van der Waals surface area contributed by atoms with Gasteiger partial charge in [-0.25, -0.2) is 14.4 Å². The first-order valence-electron chi connectivity index (χ1n) is 6.21. The fourth-order valence-electron chi connectivity index (χ4n) is 2.20. The van der Waals surface area contributed by atoms with Crippen molar-refractivity contribution in [2.75, 3.05) is 5.73 Å². The summed E-state index contributed by atoms with van der Waals surface area (Å²) in [6, 6.07) is 3.10. The number of rotatable bonds is 4. The largest absolute Gasteiger partial charge is 0.369 e. The van der Waals surface area contributed by atoms with E-state index in [1.54, 1.807) is 18.6 Å². The molecule has 0 aliphatic carbocycles. The highest BCUT2D eigenvalue weighted by molar-refractivity contribution is 9.10. The minimum Gasteiger partial charge on any atom is -0.369 e. The molecule has 2 aromatic heterocycles. The van der Waals surface area contributed by atoms with Gasteiger partial charge in [-0.15, -0.1) is 0 Å². The first-order valence-corrected chi connectivity index (χ1v) is 7.01. The van der Waals surface area contributed by atoms with E-state index in [0.29, 0.717) is 28.0 Å². The van der Waals surface area contributed by atoms with Crippen LogP contribution in [-0.4, -0.2) is 19.1 Å². The van der Waals surface area contributed by atoms with Crippen LogP contribution < -0.4 is 5.73 Å². The van der Waals surface area contributed by atoms with Crippen molar-refractivity contribution in [1.29, 1.82) is 0 Å². The van der Waals surface area contributed by atoms with Crippen LogP contribution in [0.2, 0.25) is 0 Å². The molecule has 20 heavy (non-hydrogen) atoms. The van der Waals surface area contributed by atoms with Crippen LogP contribution in [0.1, 0.15) is 6.42 Å². The molecule has 5 nitrogen and oxygen atoms in total. The normalized spacial score (nSPS) is 11.3. The zero-order valence-corrected chi connectivity index (χ0v) is 12.2. The van der Waals surface area contributed by atoms with Gasteiger partial charge in [0, 0.05) is 31.5 Å². The highest BCUT2D eigenvalue weighted by Gasteiger charge is 2.11. The summed E-state index contributed by atoms with van der Waals surface area (Å²) < 4.78 is 17.9. The van der Waals surface area contributed by atoms with Gasteiger partial charge < -0.3 is 14.9 Å². The third kappa shape index (κ3) is 2.40. The standard InChI is InChI=1S/C13H13BrFN5/c14-9-6-11-12(7-10(9)15)20(13(16)18-11)4-1-3-19-5-2-17-8-19/h2,5-8H,1,3-4H2,(H2,16,18). The number of aryl methyl sites for hydroxylation is 2. The first-order chi connectivity index (χ1) is 9.65. The average molecular weight is 338 g/mol. The van der Waals surface area contributed by atoms with Gasteiger partial charge in [0.1, 0.15) is 5.82 Å². The zero-order valence-electron chi connectivity index (χ0n) is 10.6. The Morgan fingerprint density at radius 1 is 1.30 bits per heavy atom. The maximum atomic E-state index is 13.6. The number of nitrogens with zero attached hydrogens (tertiary/aromatic N) is 4. The van der Waals surface area contributed by atoms with Gasteiger partial charge in [0.25, 0.3) is 0 Å². The van der Waals surface area contributed by atoms with Crippen LogP contribution in [0.4, 0.5) is 10.3 Å². The van der Waals surface area contributed by atoms with Gasteiger partial charge in [-0.05, 0) is 28.4 Å². The summed E-state index contributed by atoms with van der Waals surface area (Å²) in [5.74, 6) is 0.0939. The number of benzene rings is 1. The highest BCUT2D eigenvalue weighted by atomic mass is 79.9. The van der Waals surface area contributed by atoms with Crippen LogP contribution in [0, 0.1) is 5.82 Å². The lowest BCUT2D eigenvalue weighted by Gasteiger charge is -2.07. The molecule has 2 N–H and O–H groups in total. The maximum Gasteiger partial charge on any atom is 0.201 e. The Labute approximate surface area is 123 Å². The van der Waals surface area contributed by atoms with Gasteiger partial charge in [-0.1, -0.05) is 0 Å². The quantitative estimate of drug-likeness (QED) is 0.796. The Morgan fingerprint density at radius 3 is 2.90 bits per heavy atom. The van der Waals surface area contributed by atoms with E-state index in [9.17, 15) is 4.39 Å². The number of nitrogen functional groups attached to an aromatic ring is 1. The van der Waals surface area contributed by atoms with E-state index in [1.807, 2.05) is 15.3 Å². The third-order valence-corrected chi connectivity index (χ3v) is 3.78. The molecule has 0 bridgehead atoms. The minimum absolute atomic E-state index is 0.312. The summed E-state index contributed by atoms with van der Waals surface area (Å²) >= 11 is 3.15.